The Morgan fingerprint density at radius 2 is 1.93 bits per heavy atom. The first-order chi connectivity index (χ1) is 6.46. The molecule has 1 aliphatic carbocycles. The zero-order valence-electron chi connectivity index (χ0n) is 8.54. The van der Waals surface area contributed by atoms with E-state index in [1.807, 2.05) is 0 Å². The number of carbonyl (C=O) groups excluding carboxylic acids is 1. The lowest BCUT2D eigenvalue weighted by atomic mass is 9.82. The van der Waals surface area contributed by atoms with Crippen molar-refractivity contribution in [2.75, 3.05) is 7.11 Å². The Morgan fingerprint density at radius 1 is 1.47 bits per heavy atom. The van der Waals surface area contributed by atoms with E-state index in [4.69, 9.17) is 5.73 Å². The van der Waals surface area contributed by atoms with Crippen molar-refractivity contribution in [3.8, 4) is 0 Å². The van der Waals surface area contributed by atoms with Gasteiger partial charge in [-0.25, -0.2) is 8.78 Å². The predicted octanol–water partition coefficient (Wildman–Crippen LogP) is 1.73. The number of alkyl halides is 2. The second-order valence-electron chi connectivity index (χ2n) is 3.74. The second kappa shape index (κ2) is 5.61. The summed E-state index contributed by atoms with van der Waals surface area (Å²) >= 11 is 0. The summed E-state index contributed by atoms with van der Waals surface area (Å²) in [5, 5.41) is 0. The van der Waals surface area contributed by atoms with Gasteiger partial charge in [-0.3, -0.25) is 4.79 Å². The van der Waals surface area contributed by atoms with Gasteiger partial charge in [-0.05, 0) is 18.8 Å². The minimum Gasteiger partial charge on any atom is -0.468 e. The molecule has 90 valence electrons. The average molecular weight is 244 g/mol. The van der Waals surface area contributed by atoms with E-state index in [1.54, 1.807) is 0 Å². The van der Waals surface area contributed by atoms with Crippen LogP contribution in [0.5, 0.6) is 0 Å². The largest absolute Gasteiger partial charge is 0.468 e. The summed E-state index contributed by atoms with van der Waals surface area (Å²) in [6.45, 7) is 0. The quantitative estimate of drug-likeness (QED) is 0.752. The first-order valence-corrected chi connectivity index (χ1v) is 4.67. The monoisotopic (exact) mass is 243 g/mol. The van der Waals surface area contributed by atoms with E-state index in [9.17, 15) is 13.6 Å². The number of carbonyl (C=O) groups is 1. The van der Waals surface area contributed by atoms with Crippen LogP contribution >= 0.6 is 12.4 Å². The standard InChI is InChI=1S/C9H15F2NO2.ClH/c1-14-8(13)7(12)6-2-4-9(10,11)5-3-6;/h6-7H,2-5,12H2,1H3;1H. The summed E-state index contributed by atoms with van der Waals surface area (Å²) in [6, 6.07) is -0.754. The summed E-state index contributed by atoms with van der Waals surface area (Å²) in [7, 11) is 1.25. The van der Waals surface area contributed by atoms with E-state index in [-0.39, 0.29) is 31.2 Å². The van der Waals surface area contributed by atoms with Crippen molar-refractivity contribution in [1.82, 2.24) is 0 Å². The minimum absolute atomic E-state index is 0. The fraction of sp³-hybridized carbons (Fsp3) is 0.889. The molecule has 1 unspecified atom stereocenters. The van der Waals surface area contributed by atoms with Crippen LogP contribution < -0.4 is 5.73 Å². The molecule has 2 N–H and O–H groups in total. The summed E-state index contributed by atoms with van der Waals surface area (Å²) in [4.78, 5) is 11.0. The Bertz CT molecular complexity index is 216. The molecule has 1 rings (SSSR count). The molecule has 1 atom stereocenters. The van der Waals surface area contributed by atoms with Crippen molar-refractivity contribution in [1.29, 1.82) is 0 Å². The van der Waals surface area contributed by atoms with Crippen LogP contribution in [0.15, 0.2) is 0 Å². The summed E-state index contributed by atoms with van der Waals surface area (Å²) in [5.41, 5.74) is 5.57. The first-order valence-electron chi connectivity index (χ1n) is 4.67. The fourth-order valence-corrected chi connectivity index (χ4v) is 1.75. The lowest BCUT2D eigenvalue weighted by molar-refractivity contribution is -0.145. The number of hydrogen-bond acceptors (Lipinski definition) is 3. The van der Waals surface area contributed by atoms with Gasteiger partial charge in [-0.2, -0.15) is 0 Å². The van der Waals surface area contributed by atoms with Gasteiger partial charge >= 0.3 is 5.97 Å². The van der Waals surface area contributed by atoms with E-state index >= 15 is 0 Å². The number of rotatable bonds is 2. The molecule has 1 fully saturated rings. The molecule has 0 amide bonds. The van der Waals surface area contributed by atoms with Gasteiger partial charge in [0, 0.05) is 12.8 Å². The Morgan fingerprint density at radius 3 is 2.33 bits per heavy atom. The third kappa shape index (κ3) is 3.91. The van der Waals surface area contributed by atoms with Crippen molar-refractivity contribution < 1.29 is 18.3 Å². The molecule has 0 spiro atoms. The van der Waals surface area contributed by atoms with E-state index in [0.29, 0.717) is 12.8 Å². The van der Waals surface area contributed by atoms with Gasteiger partial charge in [0.05, 0.1) is 7.11 Å². The highest BCUT2D eigenvalue weighted by Crippen LogP contribution is 2.37. The number of ether oxygens (including phenoxy) is 1. The topological polar surface area (TPSA) is 52.3 Å². The van der Waals surface area contributed by atoms with E-state index in [2.05, 4.69) is 4.74 Å². The molecule has 15 heavy (non-hydrogen) atoms. The van der Waals surface area contributed by atoms with Crippen LogP contribution in [0.4, 0.5) is 8.78 Å². The third-order valence-electron chi connectivity index (χ3n) is 2.74. The van der Waals surface area contributed by atoms with Crippen LogP contribution in [0.25, 0.3) is 0 Å². The van der Waals surface area contributed by atoms with Crippen LogP contribution in [0.2, 0.25) is 0 Å². The minimum atomic E-state index is -2.58. The number of nitrogens with two attached hydrogens (primary N) is 1. The summed E-state index contributed by atoms with van der Waals surface area (Å²) in [5.74, 6) is -3.26. The highest BCUT2D eigenvalue weighted by Gasteiger charge is 2.38. The van der Waals surface area contributed by atoms with Crippen molar-refractivity contribution in [3.05, 3.63) is 0 Å². The smallest absolute Gasteiger partial charge is 0.322 e. The Labute approximate surface area is 93.8 Å². The van der Waals surface area contributed by atoms with Gasteiger partial charge in [0.25, 0.3) is 0 Å². The Kier molecular flexibility index (Phi) is 5.45. The maximum atomic E-state index is 12.8. The van der Waals surface area contributed by atoms with Crippen LogP contribution in [-0.2, 0) is 9.53 Å². The molecule has 0 bridgehead atoms. The number of hydrogen-bond donors (Lipinski definition) is 1. The highest BCUT2D eigenvalue weighted by molar-refractivity contribution is 5.85. The van der Waals surface area contributed by atoms with Crippen LogP contribution in [0.1, 0.15) is 25.7 Å². The molecule has 0 saturated heterocycles. The summed E-state index contributed by atoms with van der Waals surface area (Å²) in [6.07, 6.45) is 0.233. The molecule has 0 aliphatic heterocycles. The molecule has 0 aromatic heterocycles. The molecule has 0 heterocycles. The maximum absolute atomic E-state index is 12.8. The predicted molar refractivity (Wildman–Crippen MR) is 54.1 cm³/mol. The number of esters is 1. The van der Waals surface area contributed by atoms with Gasteiger partial charge in [-0.15, -0.1) is 12.4 Å². The lowest BCUT2D eigenvalue weighted by Gasteiger charge is -2.30. The zero-order valence-corrected chi connectivity index (χ0v) is 9.36. The number of halogens is 3. The third-order valence-corrected chi connectivity index (χ3v) is 2.74. The lowest BCUT2D eigenvalue weighted by Crippen LogP contribution is -2.42. The zero-order chi connectivity index (χ0) is 10.8. The normalized spacial score (nSPS) is 22.7. The van der Waals surface area contributed by atoms with Crippen molar-refractivity contribution >= 4 is 18.4 Å². The van der Waals surface area contributed by atoms with Crippen molar-refractivity contribution in [2.45, 2.75) is 37.6 Å². The fourth-order valence-electron chi connectivity index (χ4n) is 1.75. The SMILES string of the molecule is COC(=O)C(N)C1CCC(F)(F)CC1.Cl. The molecule has 0 radical (unpaired) electrons. The molecule has 0 aromatic carbocycles. The van der Waals surface area contributed by atoms with Gasteiger partial charge in [0.2, 0.25) is 5.92 Å². The average Bonchev–Trinajstić information content (AvgIpc) is 2.15. The van der Waals surface area contributed by atoms with Crippen LogP contribution in [0.3, 0.4) is 0 Å². The van der Waals surface area contributed by atoms with Crippen molar-refractivity contribution in [2.24, 2.45) is 11.7 Å². The van der Waals surface area contributed by atoms with Gasteiger partial charge < -0.3 is 10.5 Å². The second-order valence-corrected chi connectivity index (χ2v) is 3.74. The van der Waals surface area contributed by atoms with Gasteiger partial charge in [0.1, 0.15) is 6.04 Å². The highest BCUT2D eigenvalue weighted by atomic mass is 35.5. The Balaban J connectivity index is 0.00000196. The molecule has 1 aliphatic rings. The van der Waals surface area contributed by atoms with E-state index < -0.39 is 17.9 Å². The van der Waals surface area contributed by atoms with Crippen molar-refractivity contribution in [3.63, 3.8) is 0 Å². The maximum Gasteiger partial charge on any atom is 0.322 e. The van der Waals surface area contributed by atoms with E-state index in [0.717, 1.165) is 0 Å². The molecule has 1 saturated carbocycles. The first kappa shape index (κ1) is 14.6. The van der Waals surface area contributed by atoms with Gasteiger partial charge in [-0.1, -0.05) is 0 Å². The van der Waals surface area contributed by atoms with Crippen LogP contribution in [0, 0.1) is 5.92 Å². The molecular formula is C9H16ClF2NO2. The number of methoxy groups -OCH3 is 1. The molecule has 3 nitrogen and oxygen atoms in total. The Hall–Kier alpha value is -0.420. The summed E-state index contributed by atoms with van der Waals surface area (Å²) < 4.78 is 30.0. The molecule has 6 heteroatoms. The molecular weight excluding hydrogens is 228 g/mol. The van der Waals surface area contributed by atoms with E-state index in [1.165, 1.54) is 7.11 Å². The van der Waals surface area contributed by atoms with Crippen LogP contribution in [-0.4, -0.2) is 25.0 Å². The molecule has 0 aromatic rings. The van der Waals surface area contributed by atoms with Gasteiger partial charge in [0.15, 0.2) is 0 Å².